The highest BCUT2D eigenvalue weighted by atomic mass is 15.4. The molecule has 1 aliphatic rings. The first-order valence-corrected chi connectivity index (χ1v) is 7.43. The molecule has 1 aliphatic heterocycles. The number of piperazine rings is 1. The van der Waals surface area contributed by atoms with Crippen molar-refractivity contribution in [1.29, 1.82) is 0 Å². The summed E-state index contributed by atoms with van der Waals surface area (Å²) < 4.78 is 1.76. The van der Waals surface area contributed by atoms with E-state index in [0.29, 0.717) is 6.04 Å². The molecule has 0 spiro atoms. The van der Waals surface area contributed by atoms with Crippen molar-refractivity contribution in [2.45, 2.75) is 32.0 Å². The number of nitrogens with one attached hydrogen (secondary N) is 1. The molecule has 21 heavy (non-hydrogen) atoms. The van der Waals surface area contributed by atoms with E-state index in [1.54, 1.807) is 4.68 Å². The number of aryl methyl sites for hydroxylation is 1. The van der Waals surface area contributed by atoms with Gasteiger partial charge in [-0.15, -0.1) is 5.10 Å². The summed E-state index contributed by atoms with van der Waals surface area (Å²) in [5, 5.41) is 11.9. The van der Waals surface area contributed by atoms with Gasteiger partial charge in [0.1, 0.15) is 0 Å². The van der Waals surface area contributed by atoms with Gasteiger partial charge in [0.15, 0.2) is 0 Å². The van der Waals surface area contributed by atoms with Crippen molar-refractivity contribution < 1.29 is 0 Å². The van der Waals surface area contributed by atoms with Crippen LogP contribution in [0.2, 0.25) is 0 Å². The molecule has 1 fully saturated rings. The Morgan fingerprint density at radius 1 is 1.29 bits per heavy atom. The van der Waals surface area contributed by atoms with E-state index in [-0.39, 0.29) is 5.54 Å². The molecule has 2 aromatic rings. The van der Waals surface area contributed by atoms with Gasteiger partial charge in [-0.1, -0.05) is 35.5 Å². The van der Waals surface area contributed by atoms with E-state index in [0.717, 1.165) is 25.3 Å². The van der Waals surface area contributed by atoms with Gasteiger partial charge < -0.3 is 5.32 Å². The zero-order valence-electron chi connectivity index (χ0n) is 13.0. The summed E-state index contributed by atoms with van der Waals surface area (Å²) in [6.45, 7) is 7.33. The van der Waals surface area contributed by atoms with Gasteiger partial charge in [-0.2, -0.15) is 0 Å². The van der Waals surface area contributed by atoms with Gasteiger partial charge in [0, 0.05) is 44.5 Å². The predicted octanol–water partition coefficient (Wildman–Crippen LogP) is 1.74. The van der Waals surface area contributed by atoms with Crippen LogP contribution in [0.15, 0.2) is 36.5 Å². The molecular weight excluding hydrogens is 262 g/mol. The van der Waals surface area contributed by atoms with Crippen LogP contribution in [0.4, 0.5) is 0 Å². The van der Waals surface area contributed by atoms with Crippen LogP contribution in [-0.2, 0) is 13.6 Å². The van der Waals surface area contributed by atoms with Gasteiger partial charge in [0.2, 0.25) is 0 Å². The van der Waals surface area contributed by atoms with E-state index >= 15 is 0 Å². The van der Waals surface area contributed by atoms with Crippen LogP contribution in [0.1, 0.15) is 31.1 Å². The zero-order chi connectivity index (χ0) is 14.9. The lowest BCUT2D eigenvalue weighted by Gasteiger charge is -2.46. The van der Waals surface area contributed by atoms with Gasteiger partial charge in [0.25, 0.3) is 0 Å². The Morgan fingerprint density at radius 2 is 2.05 bits per heavy atom. The molecule has 1 atom stereocenters. The molecule has 0 amide bonds. The van der Waals surface area contributed by atoms with E-state index in [9.17, 15) is 0 Å². The maximum atomic E-state index is 4.22. The van der Waals surface area contributed by atoms with E-state index in [1.165, 1.54) is 5.56 Å². The van der Waals surface area contributed by atoms with Crippen LogP contribution in [0, 0.1) is 0 Å². The normalized spacial score (nSPS) is 22.3. The van der Waals surface area contributed by atoms with E-state index in [4.69, 9.17) is 0 Å². The molecule has 5 nitrogen and oxygen atoms in total. The fourth-order valence-electron chi connectivity index (χ4n) is 2.87. The number of hydrogen-bond acceptors (Lipinski definition) is 4. The maximum absolute atomic E-state index is 4.22. The number of hydrogen-bond donors (Lipinski definition) is 1. The summed E-state index contributed by atoms with van der Waals surface area (Å²) in [5.41, 5.74) is 2.49. The number of rotatable bonds is 3. The summed E-state index contributed by atoms with van der Waals surface area (Å²) in [6.07, 6.45) is 2.00. The third-order valence-electron chi connectivity index (χ3n) is 4.25. The van der Waals surface area contributed by atoms with Gasteiger partial charge in [0.05, 0.1) is 5.69 Å². The Balaban J connectivity index is 1.76. The minimum Gasteiger partial charge on any atom is -0.307 e. The first-order chi connectivity index (χ1) is 10.0. The standard InChI is InChI=1S/C16H23N5/c1-16(2)12-17-15(13-7-5-4-6-8-13)11-21(16)10-14-9-20(3)19-18-14/h4-9,15,17H,10-12H2,1-3H3. The molecule has 5 heteroatoms. The highest BCUT2D eigenvalue weighted by Crippen LogP contribution is 2.27. The SMILES string of the molecule is Cn1cc(CN2CC(c3ccccc3)NCC2(C)C)nn1. The van der Waals surface area contributed by atoms with Crippen molar-refractivity contribution in [3.05, 3.63) is 47.8 Å². The van der Waals surface area contributed by atoms with Crippen LogP contribution in [0.5, 0.6) is 0 Å². The molecular formula is C16H23N5. The highest BCUT2D eigenvalue weighted by molar-refractivity contribution is 5.20. The summed E-state index contributed by atoms with van der Waals surface area (Å²) in [4.78, 5) is 2.49. The Hall–Kier alpha value is -1.72. The van der Waals surface area contributed by atoms with Crippen molar-refractivity contribution in [1.82, 2.24) is 25.2 Å². The lowest BCUT2D eigenvalue weighted by atomic mass is 9.94. The quantitative estimate of drug-likeness (QED) is 0.933. The molecule has 1 saturated heterocycles. The highest BCUT2D eigenvalue weighted by Gasteiger charge is 2.34. The molecule has 1 unspecified atom stereocenters. The van der Waals surface area contributed by atoms with Gasteiger partial charge >= 0.3 is 0 Å². The summed E-state index contributed by atoms with van der Waals surface area (Å²) in [6, 6.07) is 11.0. The lowest BCUT2D eigenvalue weighted by molar-refractivity contribution is 0.0571. The van der Waals surface area contributed by atoms with Crippen molar-refractivity contribution in [3.8, 4) is 0 Å². The van der Waals surface area contributed by atoms with Gasteiger partial charge in [-0.3, -0.25) is 9.58 Å². The van der Waals surface area contributed by atoms with Crippen LogP contribution in [0.3, 0.4) is 0 Å². The number of aromatic nitrogens is 3. The minimum atomic E-state index is 0.114. The molecule has 1 aromatic heterocycles. The van der Waals surface area contributed by atoms with Gasteiger partial charge in [-0.25, -0.2) is 0 Å². The Morgan fingerprint density at radius 3 is 2.71 bits per heavy atom. The molecule has 112 valence electrons. The van der Waals surface area contributed by atoms with Crippen molar-refractivity contribution in [2.24, 2.45) is 7.05 Å². The minimum absolute atomic E-state index is 0.114. The second-order valence-corrected chi connectivity index (χ2v) is 6.42. The third-order valence-corrected chi connectivity index (χ3v) is 4.25. The molecule has 0 aliphatic carbocycles. The fourth-order valence-corrected chi connectivity index (χ4v) is 2.87. The Labute approximate surface area is 126 Å². The molecule has 0 saturated carbocycles. The first kappa shape index (κ1) is 14.2. The van der Waals surface area contributed by atoms with E-state index in [1.807, 2.05) is 13.2 Å². The van der Waals surface area contributed by atoms with Crippen LogP contribution < -0.4 is 5.32 Å². The molecule has 0 radical (unpaired) electrons. The Kier molecular flexibility index (Phi) is 3.78. The third kappa shape index (κ3) is 3.14. The smallest absolute Gasteiger partial charge is 0.0967 e. The van der Waals surface area contributed by atoms with Crippen molar-refractivity contribution in [2.75, 3.05) is 13.1 Å². The predicted molar refractivity (Wildman–Crippen MR) is 82.7 cm³/mol. The molecule has 1 aromatic carbocycles. The van der Waals surface area contributed by atoms with E-state index < -0.39 is 0 Å². The number of benzene rings is 1. The number of nitrogens with zero attached hydrogens (tertiary/aromatic N) is 4. The van der Waals surface area contributed by atoms with Crippen LogP contribution in [0.25, 0.3) is 0 Å². The second kappa shape index (κ2) is 5.58. The summed E-state index contributed by atoms with van der Waals surface area (Å²) in [7, 11) is 1.91. The lowest BCUT2D eigenvalue weighted by Crippen LogP contribution is -2.58. The van der Waals surface area contributed by atoms with Crippen LogP contribution >= 0.6 is 0 Å². The van der Waals surface area contributed by atoms with Crippen LogP contribution in [-0.4, -0.2) is 38.5 Å². The molecule has 2 heterocycles. The largest absolute Gasteiger partial charge is 0.307 e. The summed E-state index contributed by atoms with van der Waals surface area (Å²) >= 11 is 0. The average molecular weight is 285 g/mol. The van der Waals surface area contributed by atoms with Gasteiger partial charge in [-0.05, 0) is 19.4 Å². The Bertz CT molecular complexity index is 590. The monoisotopic (exact) mass is 285 g/mol. The maximum Gasteiger partial charge on any atom is 0.0967 e. The van der Waals surface area contributed by atoms with Crippen molar-refractivity contribution in [3.63, 3.8) is 0 Å². The average Bonchev–Trinajstić information content (AvgIpc) is 2.87. The summed E-state index contributed by atoms with van der Waals surface area (Å²) in [5.74, 6) is 0. The van der Waals surface area contributed by atoms with E-state index in [2.05, 4.69) is 64.7 Å². The fraction of sp³-hybridized carbons (Fsp3) is 0.500. The second-order valence-electron chi connectivity index (χ2n) is 6.42. The zero-order valence-corrected chi connectivity index (χ0v) is 13.0. The molecule has 0 bridgehead atoms. The molecule has 3 rings (SSSR count). The first-order valence-electron chi connectivity index (χ1n) is 7.43. The topological polar surface area (TPSA) is 46.0 Å². The van der Waals surface area contributed by atoms with Crippen molar-refractivity contribution >= 4 is 0 Å². The molecule has 1 N–H and O–H groups in total.